The molecule has 0 unspecified atom stereocenters. The number of rotatable bonds is 0. The van der Waals surface area contributed by atoms with Gasteiger partial charge < -0.3 is 5.32 Å². The minimum absolute atomic E-state index is 0.275. The Morgan fingerprint density at radius 2 is 2.10 bits per heavy atom. The summed E-state index contributed by atoms with van der Waals surface area (Å²) in [5.74, 6) is 0.957. The molecule has 0 aromatic carbocycles. The second kappa shape index (κ2) is 2.26. The average Bonchev–Trinajstić information content (AvgIpc) is 2.27. The van der Waals surface area contributed by atoms with E-state index in [0.717, 1.165) is 6.42 Å². The van der Waals surface area contributed by atoms with Crippen molar-refractivity contribution in [1.29, 1.82) is 0 Å². The number of carbonyl (C=O) groups excluding carboxylic acids is 1. The normalized spacial score (nSPS) is 39.0. The number of amides is 1. The molecule has 2 aliphatic rings. The predicted octanol–water partition coefficient (Wildman–Crippen LogP) is 1.07. The zero-order chi connectivity index (χ0) is 6.97. The molecule has 2 fully saturated rings. The maximum Gasteiger partial charge on any atom is 0.220 e. The van der Waals surface area contributed by atoms with E-state index in [2.05, 4.69) is 5.32 Å². The van der Waals surface area contributed by atoms with Crippen LogP contribution in [-0.4, -0.2) is 11.9 Å². The number of hydrogen-bond donors (Lipinski definition) is 1. The lowest BCUT2D eigenvalue weighted by atomic mass is 9.85. The van der Waals surface area contributed by atoms with E-state index in [9.17, 15) is 4.79 Å². The second-order valence-electron chi connectivity index (χ2n) is 3.42. The molecule has 1 saturated carbocycles. The molecular weight excluding hydrogens is 126 g/mol. The highest BCUT2D eigenvalue weighted by Crippen LogP contribution is 2.30. The summed E-state index contributed by atoms with van der Waals surface area (Å²) in [7, 11) is 0. The van der Waals surface area contributed by atoms with Crippen molar-refractivity contribution < 1.29 is 4.79 Å². The van der Waals surface area contributed by atoms with Crippen molar-refractivity contribution in [1.82, 2.24) is 5.32 Å². The smallest absolute Gasteiger partial charge is 0.220 e. The third kappa shape index (κ3) is 0.917. The van der Waals surface area contributed by atoms with Crippen LogP contribution in [0.2, 0.25) is 0 Å². The summed E-state index contributed by atoms with van der Waals surface area (Å²) in [6, 6.07) is 0.543. The van der Waals surface area contributed by atoms with Gasteiger partial charge in [-0.15, -0.1) is 0 Å². The fourth-order valence-electron chi connectivity index (χ4n) is 2.15. The van der Waals surface area contributed by atoms with Gasteiger partial charge in [-0.25, -0.2) is 0 Å². The third-order valence-electron chi connectivity index (χ3n) is 2.70. The van der Waals surface area contributed by atoms with Gasteiger partial charge in [0.1, 0.15) is 0 Å². The monoisotopic (exact) mass is 139 g/mol. The molecule has 2 atom stereocenters. The van der Waals surface area contributed by atoms with Gasteiger partial charge in [-0.3, -0.25) is 4.79 Å². The van der Waals surface area contributed by atoms with E-state index in [4.69, 9.17) is 0 Å². The standard InChI is InChI=1S/C8H13NO/c10-8-5-6-3-1-2-4-7(6)9-8/h6-7H,1-5H2,(H,9,10)/t6-,7+/m0/s1. The number of fused-ring (bicyclic) bond motifs is 1. The Labute approximate surface area is 61.0 Å². The number of carbonyl (C=O) groups is 1. The summed E-state index contributed by atoms with van der Waals surface area (Å²) in [5, 5.41) is 3.02. The molecule has 2 heteroatoms. The molecule has 0 aromatic rings. The Kier molecular flexibility index (Phi) is 1.40. The first-order valence-electron chi connectivity index (χ1n) is 4.15. The Bertz CT molecular complexity index is 139. The Morgan fingerprint density at radius 3 is 2.90 bits per heavy atom. The Hall–Kier alpha value is -0.530. The molecule has 0 bridgehead atoms. The summed E-state index contributed by atoms with van der Waals surface area (Å²) in [4.78, 5) is 10.9. The minimum Gasteiger partial charge on any atom is -0.353 e. The molecular formula is C8H13NO. The molecule has 1 heterocycles. The van der Waals surface area contributed by atoms with E-state index in [0.29, 0.717) is 12.0 Å². The largest absolute Gasteiger partial charge is 0.353 e. The summed E-state index contributed by atoms with van der Waals surface area (Å²) < 4.78 is 0. The van der Waals surface area contributed by atoms with Gasteiger partial charge >= 0.3 is 0 Å². The topological polar surface area (TPSA) is 29.1 Å². The van der Waals surface area contributed by atoms with Crippen molar-refractivity contribution in [3.05, 3.63) is 0 Å². The number of hydrogen-bond acceptors (Lipinski definition) is 1. The highest BCUT2D eigenvalue weighted by molar-refractivity contribution is 5.79. The van der Waals surface area contributed by atoms with Crippen LogP contribution in [0.4, 0.5) is 0 Å². The van der Waals surface area contributed by atoms with Crippen molar-refractivity contribution in [3.63, 3.8) is 0 Å². The zero-order valence-corrected chi connectivity index (χ0v) is 6.10. The van der Waals surface area contributed by atoms with Gasteiger partial charge in [0.25, 0.3) is 0 Å². The van der Waals surface area contributed by atoms with Crippen LogP contribution in [0.1, 0.15) is 32.1 Å². The van der Waals surface area contributed by atoms with E-state index in [-0.39, 0.29) is 5.91 Å². The summed E-state index contributed by atoms with van der Waals surface area (Å²) in [5.41, 5.74) is 0. The van der Waals surface area contributed by atoms with Crippen LogP contribution in [0, 0.1) is 5.92 Å². The lowest BCUT2D eigenvalue weighted by molar-refractivity contribution is -0.119. The molecule has 56 valence electrons. The van der Waals surface area contributed by atoms with Crippen LogP contribution in [-0.2, 0) is 4.79 Å². The van der Waals surface area contributed by atoms with Gasteiger partial charge in [0.2, 0.25) is 5.91 Å². The van der Waals surface area contributed by atoms with Crippen LogP contribution in [0.3, 0.4) is 0 Å². The lowest BCUT2D eigenvalue weighted by Gasteiger charge is -2.23. The van der Waals surface area contributed by atoms with E-state index in [1.54, 1.807) is 0 Å². The SMILES string of the molecule is O=C1C[C@@H]2CCCC[C@H]2N1. The van der Waals surface area contributed by atoms with Crippen molar-refractivity contribution in [2.75, 3.05) is 0 Å². The number of nitrogens with one attached hydrogen (secondary N) is 1. The van der Waals surface area contributed by atoms with Gasteiger partial charge in [0.05, 0.1) is 0 Å². The van der Waals surface area contributed by atoms with Crippen molar-refractivity contribution in [3.8, 4) is 0 Å². The summed E-state index contributed by atoms with van der Waals surface area (Å²) in [6.45, 7) is 0. The Balaban J connectivity index is 2.04. The Morgan fingerprint density at radius 1 is 1.30 bits per heavy atom. The molecule has 2 nitrogen and oxygen atoms in total. The van der Waals surface area contributed by atoms with Crippen LogP contribution in [0.15, 0.2) is 0 Å². The van der Waals surface area contributed by atoms with E-state index in [1.165, 1.54) is 25.7 Å². The van der Waals surface area contributed by atoms with Gasteiger partial charge in [-0.05, 0) is 18.8 Å². The summed E-state index contributed by atoms with van der Waals surface area (Å²) >= 11 is 0. The van der Waals surface area contributed by atoms with Gasteiger partial charge in [-0.1, -0.05) is 12.8 Å². The van der Waals surface area contributed by atoms with E-state index in [1.807, 2.05) is 0 Å². The van der Waals surface area contributed by atoms with Crippen LogP contribution in [0.25, 0.3) is 0 Å². The highest BCUT2D eigenvalue weighted by Gasteiger charge is 2.33. The van der Waals surface area contributed by atoms with Crippen LogP contribution in [0.5, 0.6) is 0 Å². The van der Waals surface area contributed by atoms with Crippen molar-refractivity contribution in [2.24, 2.45) is 5.92 Å². The van der Waals surface area contributed by atoms with Crippen LogP contribution < -0.4 is 5.32 Å². The van der Waals surface area contributed by atoms with Gasteiger partial charge in [0.15, 0.2) is 0 Å². The fourth-order valence-corrected chi connectivity index (χ4v) is 2.15. The molecule has 10 heavy (non-hydrogen) atoms. The van der Waals surface area contributed by atoms with Crippen LogP contribution >= 0.6 is 0 Å². The molecule has 1 saturated heterocycles. The van der Waals surface area contributed by atoms with E-state index >= 15 is 0 Å². The van der Waals surface area contributed by atoms with Gasteiger partial charge in [-0.2, -0.15) is 0 Å². The molecule has 1 N–H and O–H groups in total. The highest BCUT2D eigenvalue weighted by atomic mass is 16.2. The third-order valence-corrected chi connectivity index (χ3v) is 2.70. The fraction of sp³-hybridized carbons (Fsp3) is 0.875. The average molecular weight is 139 g/mol. The molecule has 0 aromatic heterocycles. The molecule has 2 rings (SSSR count). The molecule has 0 radical (unpaired) electrons. The molecule has 1 aliphatic carbocycles. The molecule has 1 amide bonds. The van der Waals surface area contributed by atoms with Gasteiger partial charge in [0, 0.05) is 12.5 Å². The lowest BCUT2D eigenvalue weighted by Crippen LogP contribution is -2.30. The summed E-state index contributed by atoms with van der Waals surface area (Å²) in [6.07, 6.45) is 5.92. The second-order valence-corrected chi connectivity index (χ2v) is 3.42. The first-order chi connectivity index (χ1) is 4.86. The maximum absolute atomic E-state index is 10.9. The quantitative estimate of drug-likeness (QED) is 0.534. The first kappa shape index (κ1) is 6.20. The zero-order valence-electron chi connectivity index (χ0n) is 6.10. The van der Waals surface area contributed by atoms with E-state index < -0.39 is 0 Å². The predicted molar refractivity (Wildman–Crippen MR) is 38.5 cm³/mol. The minimum atomic E-state index is 0.275. The maximum atomic E-state index is 10.9. The molecule has 0 spiro atoms. The molecule has 1 aliphatic heterocycles. The first-order valence-corrected chi connectivity index (χ1v) is 4.15. The van der Waals surface area contributed by atoms with Crippen molar-refractivity contribution in [2.45, 2.75) is 38.1 Å². The van der Waals surface area contributed by atoms with Crippen molar-refractivity contribution >= 4 is 5.91 Å².